The average Bonchev–Trinajstić information content (AvgIpc) is 3.03. The molecule has 1 fully saturated rings. The second kappa shape index (κ2) is 16.2. The number of ether oxygens (including phenoxy) is 3. The minimum Gasteiger partial charge on any atom is -0.508 e. The van der Waals surface area contributed by atoms with Crippen molar-refractivity contribution in [3.8, 4) is 17.2 Å². The molecule has 0 unspecified atom stereocenters. The van der Waals surface area contributed by atoms with E-state index in [-0.39, 0.29) is 35.9 Å². The molecule has 6 N–H and O–H groups in total. The molecule has 11 heteroatoms. The fraction of sp³-hybridized carbons (Fsp3) is 0.353. The van der Waals surface area contributed by atoms with Crippen LogP contribution < -0.4 is 0 Å². The van der Waals surface area contributed by atoms with Crippen LogP contribution in [0.5, 0.6) is 17.2 Å². The van der Waals surface area contributed by atoms with Crippen molar-refractivity contribution in [2.24, 2.45) is 0 Å². The number of hydrogen-bond donors (Lipinski definition) is 6. The Kier molecular flexibility index (Phi) is 12.1. The van der Waals surface area contributed by atoms with Gasteiger partial charge in [0.25, 0.3) is 0 Å². The Morgan fingerprint density at radius 1 is 0.756 bits per heavy atom. The fourth-order valence-corrected chi connectivity index (χ4v) is 4.83. The van der Waals surface area contributed by atoms with Crippen LogP contribution in [0.2, 0.25) is 0 Å². The highest BCUT2D eigenvalue weighted by Gasteiger charge is 2.45. The van der Waals surface area contributed by atoms with Gasteiger partial charge in [0.15, 0.2) is 6.29 Å². The maximum atomic E-state index is 13.0. The lowest BCUT2D eigenvalue weighted by Crippen LogP contribution is -2.60. The summed E-state index contributed by atoms with van der Waals surface area (Å²) in [7, 11) is 0. The molecule has 45 heavy (non-hydrogen) atoms. The third-order valence-corrected chi connectivity index (χ3v) is 7.47. The van der Waals surface area contributed by atoms with E-state index in [2.05, 4.69) is 0 Å². The Hall–Kier alpha value is -4.26. The number of carbonyl (C=O) groups is 2. The van der Waals surface area contributed by atoms with Crippen molar-refractivity contribution in [2.45, 2.75) is 68.9 Å². The molecule has 0 amide bonds. The van der Waals surface area contributed by atoms with Crippen LogP contribution in [0, 0.1) is 0 Å². The third kappa shape index (κ3) is 10.4. The van der Waals surface area contributed by atoms with Crippen molar-refractivity contribution >= 4 is 17.8 Å². The topological polar surface area (TPSA) is 183 Å². The van der Waals surface area contributed by atoms with Gasteiger partial charge in [0.05, 0.1) is 6.10 Å². The first-order valence-corrected chi connectivity index (χ1v) is 14.6. The molecule has 0 bridgehead atoms. The molecule has 4 rings (SSSR count). The van der Waals surface area contributed by atoms with Gasteiger partial charge in [-0.25, -0.2) is 4.79 Å². The van der Waals surface area contributed by atoms with Crippen LogP contribution in [0.25, 0.3) is 6.08 Å². The zero-order valence-corrected chi connectivity index (χ0v) is 24.5. The van der Waals surface area contributed by atoms with Crippen LogP contribution in [-0.4, -0.2) is 85.8 Å². The first-order chi connectivity index (χ1) is 21.6. The lowest BCUT2D eigenvalue weighted by atomic mass is 9.98. The number of phenolic OH excluding ortho intramolecular Hbond substituents is 3. The summed E-state index contributed by atoms with van der Waals surface area (Å²) in [5.41, 5.74) is 2.39. The van der Waals surface area contributed by atoms with Crippen LogP contribution in [-0.2, 0) is 36.6 Å². The quantitative estimate of drug-likeness (QED) is 0.115. The molecule has 0 aromatic heterocycles. The first-order valence-electron chi connectivity index (χ1n) is 14.6. The van der Waals surface area contributed by atoms with Gasteiger partial charge >= 0.3 is 5.97 Å². The van der Waals surface area contributed by atoms with E-state index in [0.29, 0.717) is 24.8 Å². The van der Waals surface area contributed by atoms with Gasteiger partial charge in [-0.05, 0) is 78.4 Å². The average molecular weight is 623 g/mol. The second-order valence-electron chi connectivity index (χ2n) is 10.9. The number of phenols is 3. The lowest BCUT2D eigenvalue weighted by molar-refractivity contribution is -0.311. The largest absolute Gasteiger partial charge is 0.508 e. The van der Waals surface area contributed by atoms with Gasteiger partial charge in [0.1, 0.15) is 54.1 Å². The Bertz CT molecular complexity index is 1400. The summed E-state index contributed by atoms with van der Waals surface area (Å²) in [5, 5.41) is 60.2. The van der Waals surface area contributed by atoms with E-state index in [1.807, 2.05) is 0 Å². The number of ketones is 1. The summed E-state index contributed by atoms with van der Waals surface area (Å²) >= 11 is 0. The van der Waals surface area contributed by atoms with Gasteiger partial charge in [0, 0.05) is 18.9 Å². The van der Waals surface area contributed by atoms with Gasteiger partial charge in [-0.3, -0.25) is 4.79 Å². The molecule has 1 aliphatic heterocycles. The molecule has 11 nitrogen and oxygen atoms in total. The van der Waals surface area contributed by atoms with Gasteiger partial charge < -0.3 is 44.8 Å². The number of aliphatic hydroxyl groups excluding tert-OH is 3. The summed E-state index contributed by atoms with van der Waals surface area (Å²) < 4.78 is 17.0. The minimum absolute atomic E-state index is 0.0247. The molecule has 3 aromatic rings. The summed E-state index contributed by atoms with van der Waals surface area (Å²) in [4.78, 5) is 25.3. The van der Waals surface area contributed by atoms with Crippen molar-refractivity contribution in [3.05, 3.63) is 95.6 Å². The smallest absolute Gasteiger partial charge is 0.330 e. The maximum Gasteiger partial charge on any atom is 0.330 e. The van der Waals surface area contributed by atoms with Gasteiger partial charge in [0.2, 0.25) is 0 Å². The number of aliphatic hydroxyl groups is 3. The molecule has 0 spiro atoms. The molecule has 1 aliphatic rings. The highest BCUT2D eigenvalue weighted by Crippen LogP contribution is 2.26. The van der Waals surface area contributed by atoms with E-state index in [0.717, 1.165) is 17.2 Å². The Morgan fingerprint density at radius 2 is 1.31 bits per heavy atom. The predicted molar refractivity (Wildman–Crippen MR) is 162 cm³/mol. The Morgan fingerprint density at radius 3 is 1.91 bits per heavy atom. The van der Waals surface area contributed by atoms with Crippen LogP contribution in [0.4, 0.5) is 0 Å². The van der Waals surface area contributed by atoms with E-state index >= 15 is 0 Å². The van der Waals surface area contributed by atoms with Gasteiger partial charge in [-0.1, -0.05) is 36.4 Å². The number of hydrogen-bond acceptors (Lipinski definition) is 11. The highest BCUT2D eigenvalue weighted by molar-refractivity contribution is 5.87. The summed E-state index contributed by atoms with van der Waals surface area (Å²) in [6.07, 6.45) is -4.26. The Labute approximate surface area is 260 Å². The Balaban J connectivity index is 1.38. The number of aryl methyl sites for hydroxylation is 2. The standard InChI is InChI=1S/C34H38O11/c35-24-10-1-21(2-11-24)7-16-27(38)19-28(17-8-22-3-12-25(36)13-4-22)44-34-33(42)32(41)31(40)29(45-34)20-43-30(39)18-9-23-5-14-26(37)15-6-23/h1-6,9-15,18,28-29,31-37,40-42H,7-8,16-17,19-20H2/t28-,29-,31-,32+,33-,34+/m1/s1. The van der Waals surface area contributed by atoms with Crippen LogP contribution in [0.15, 0.2) is 78.9 Å². The molecule has 0 aliphatic carbocycles. The van der Waals surface area contributed by atoms with Crippen molar-refractivity contribution in [2.75, 3.05) is 6.61 Å². The fourth-order valence-electron chi connectivity index (χ4n) is 4.83. The molecule has 1 saturated heterocycles. The minimum atomic E-state index is -1.68. The van der Waals surface area contributed by atoms with Gasteiger partial charge in [-0.15, -0.1) is 0 Å². The highest BCUT2D eigenvalue weighted by atomic mass is 16.7. The number of Topliss-reactive ketones (excluding diaryl/α,β-unsaturated/α-hetero) is 1. The number of aromatic hydroxyl groups is 3. The van der Waals surface area contributed by atoms with Crippen molar-refractivity contribution in [3.63, 3.8) is 0 Å². The molecule has 6 atom stereocenters. The number of carbonyl (C=O) groups excluding carboxylic acids is 2. The zero-order valence-electron chi connectivity index (χ0n) is 24.5. The summed E-state index contributed by atoms with van der Waals surface area (Å²) in [5.74, 6) is -0.537. The third-order valence-electron chi connectivity index (χ3n) is 7.47. The number of rotatable bonds is 14. The van der Waals surface area contributed by atoms with Crippen molar-refractivity contribution in [1.82, 2.24) is 0 Å². The normalized spacial score (nSPS) is 22.2. The monoisotopic (exact) mass is 622 g/mol. The lowest BCUT2D eigenvalue weighted by Gasteiger charge is -2.41. The van der Waals surface area contributed by atoms with Crippen molar-refractivity contribution < 1.29 is 54.4 Å². The maximum absolute atomic E-state index is 13.0. The molecular formula is C34H38O11. The van der Waals surface area contributed by atoms with E-state index < -0.39 is 49.4 Å². The van der Waals surface area contributed by atoms with Crippen LogP contribution in [0.1, 0.15) is 36.0 Å². The molecular weight excluding hydrogens is 584 g/mol. The molecule has 0 saturated carbocycles. The SMILES string of the molecule is O=C(CCc1ccc(O)cc1)C[C@@H](CCc1ccc(O)cc1)O[C@H]1O[C@H](COC(=O)C=Cc2ccc(O)cc2)[C@@H](O)[C@H](O)[C@H]1O. The van der Waals surface area contributed by atoms with Crippen LogP contribution >= 0.6 is 0 Å². The van der Waals surface area contributed by atoms with E-state index in [1.165, 1.54) is 18.2 Å². The number of benzene rings is 3. The number of esters is 1. The predicted octanol–water partition coefficient (Wildman–Crippen LogP) is 2.78. The van der Waals surface area contributed by atoms with E-state index in [4.69, 9.17) is 14.2 Å². The zero-order chi connectivity index (χ0) is 32.3. The first kappa shape index (κ1) is 33.6. The van der Waals surface area contributed by atoms with E-state index in [1.54, 1.807) is 60.7 Å². The summed E-state index contributed by atoms with van der Waals surface area (Å²) in [6.45, 7) is -0.451. The molecule has 3 aromatic carbocycles. The molecule has 1 heterocycles. The summed E-state index contributed by atoms with van der Waals surface area (Å²) in [6, 6.07) is 19.3. The van der Waals surface area contributed by atoms with Crippen LogP contribution in [0.3, 0.4) is 0 Å². The second-order valence-corrected chi connectivity index (χ2v) is 10.9. The van der Waals surface area contributed by atoms with Gasteiger partial charge in [-0.2, -0.15) is 0 Å². The van der Waals surface area contributed by atoms with Crippen molar-refractivity contribution in [1.29, 1.82) is 0 Å². The van der Waals surface area contributed by atoms with E-state index in [9.17, 15) is 40.2 Å². The molecule has 240 valence electrons. The molecule has 0 radical (unpaired) electrons.